The standard InChI is InChI=1S/C21H23ClN2O3S/c1-21(2,20(25)24-15-16-5-9-18(22)10-6-16)17-7-11-19(12-8-17)28(3,26,27)14-4-13-23/h4-12,14H,15H2,1-3H3,(H,24,25)(H,26,27)/b14-4+. The van der Waals surface area contributed by atoms with Gasteiger partial charge >= 0.3 is 0 Å². The molecule has 0 saturated carbocycles. The van der Waals surface area contributed by atoms with Crippen molar-refractivity contribution >= 4 is 26.9 Å². The highest BCUT2D eigenvalue weighted by atomic mass is 35.5. The van der Waals surface area contributed by atoms with E-state index in [1.165, 1.54) is 18.4 Å². The Hall–Kier alpha value is -2.46. The average molecular weight is 419 g/mol. The molecule has 0 radical (unpaired) electrons. The van der Waals surface area contributed by atoms with Crippen molar-refractivity contribution in [2.75, 3.05) is 6.26 Å². The molecular formula is C21H23ClN2O3S. The molecule has 2 aromatic rings. The molecule has 0 aliphatic carbocycles. The van der Waals surface area contributed by atoms with E-state index in [-0.39, 0.29) is 10.8 Å². The van der Waals surface area contributed by atoms with Crippen molar-refractivity contribution in [1.82, 2.24) is 5.32 Å². The van der Waals surface area contributed by atoms with Gasteiger partial charge in [0, 0.05) is 29.3 Å². The maximum absolute atomic E-state index is 12.8. The number of nitrogens with zero attached hydrogens (tertiary/aromatic N) is 1. The van der Waals surface area contributed by atoms with E-state index in [9.17, 15) is 13.6 Å². The SMILES string of the molecule is CC(C)(C(=O)NCc1ccc(Cl)cc1)c1ccc(S(C)(=O)(O)/C=C/C#N)cc1. The Morgan fingerprint density at radius 3 is 2.32 bits per heavy atom. The number of hydrogen-bond acceptors (Lipinski definition) is 3. The zero-order valence-corrected chi connectivity index (χ0v) is 17.6. The van der Waals surface area contributed by atoms with Crippen LogP contribution in [0.3, 0.4) is 0 Å². The van der Waals surface area contributed by atoms with Crippen LogP contribution in [0.25, 0.3) is 0 Å². The van der Waals surface area contributed by atoms with Gasteiger partial charge in [0.1, 0.15) is 0 Å². The quantitative estimate of drug-likeness (QED) is 0.686. The summed E-state index contributed by atoms with van der Waals surface area (Å²) < 4.78 is 23.2. The first-order valence-electron chi connectivity index (χ1n) is 8.54. The number of carbonyl (C=O) groups is 1. The van der Waals surface area contributed by atoms with E-state index in [1.807, 2.05) is 12.1 Å². The Labute approximate surface area is 170 Å². The van der Waals surface area contributed by atoms with E-state index in [4.69, 9.17) is 16.9 Å². The van der Waals surface area contributed by atoms with Gasteiger partial charge in [-0.2, -0.15) is 9.47 Å². The van der Waals surface area contributed by atoms with Gasteiger partial charge in [-0.1, -0.05) is 35.9 Å². The van der Waals surface area contributed by atoms with Gasteiger partial charge in [-0.25, -0.2) is 0 Å². The summed E-state index contributed by atoms with van der Waals surface area (Å²) in [5.74, 6) is -0.169. The third-order valence-electron chi connectivity index (χ3n) is 4.55. The number of hydrogen-bond donors (Lipinski definition) is 2. The van der Waals surface area contributed by atoms with E-state index in [0.29, 0.717) is 17.1 Å². The summed E-state index contributed by atoms with van der Waals surface area (Å²) in [6.45, 7) is 3.95. The monoisotopic (exact) mass is 418 g/mol. The van der Waals surface area contributed by atoms with Crippen LogP contribution in [0, 0.1) is 11.3 Å². The van der Waals surface area contributed by atoms with E-state index >= 15 is 0 Å². The molecule has 0 aliphatic heterocycles. The van der Waals surface area contributed by atoms with Gasteiger partial charge in [-0.15, -0.1) is 9.35 Å². The van der Waals surface area contributed by atoms with Crippen molar-refractivity contribution < 1.29 is 13.6 Å². The zero-order chi connectivity index (χ0) is 21.0. The minimum atomic E-state index is -4.25. The van der Waals surface area contributed by atoms with Crippen molar-refractivity contribution in [3.63, 3.8) is 0 Å². The Morgan fingerprint density at radius 2 is 1.79 bits per heavy atom. The molecule has 0 unspecified atom stereocenters. The second kappa shape index (κ2) is 7.88. The predicted octanol–water partition coefficient (Wildman–Crippen LogP) is 4.25. The molecule has 0 bridgehead atoms. The Morgan fingerprint density at radius 1 is 1.21 bits per heavy atom. The van der Waals surface area contributed by atoms with Gasteiger partial charge in [0.15, 0.2) is 0 Å². The van der Waals surface area contributed by atoms with Crippen LogP contribution in [0.2, 0.25) is 5.02 Å². The molecule has 7 heteroatoms. The van der Waals surface area contributed by atoms with Crippen LogP contribution in [0.15, 0.2) is 64.9 Å². The molecule has 0 atom stereocenters. The molecule has 0 saturated heterocycles. The number of amides is 1. The number of carbonyl (C=O) groups excluding carboxylic acids is 1. The lowest BCUT2D eigenvalue weighted by Crippen LogP contribution is -2.39. The van der Waals surface area contributed by atoms with Gasteiger partial charge in [0.2, 0.25) is 5.91 Å². The van der Waals surface area contributed by atoms with Crippen molar-refractivity contribution in [1.29, 1.82) is 5.26 Å². The van der Waals surface area contributed by atoms with Gasteiger partial charge in [0.25, 0.3) is 0 Å². The second-order valence-corrected chi connectivity index (χ2v) is 11.1. The molecule has 2 N–H and O–H groups in total. The normalized spacial score (nSPS) is 13.5. The highest BCUT2D eigenvalue weighted by Gasteiger charge is 2.30. The van der Waals surface area contributed by atoms with Crippen molar-refractivity contribution in [2.45, 2.75) is 30.7 Å². The molecule has 2 rings (SSSR count). The molecule has 1 amide bonds. The molecule has 0 fully saturated rings. The summed E-state index contributed by atoms with van der Waals surface area (Å²) >= 11 is 5.86. The lowest BCUT2D eigenvalue weighted by atomic mass is 9.83. The first kappa shape index (κ1) is 21.8. The Kier molecular flexibility index (Phi) is 6.15. The van der Waals surface area contributed by atoms with Crippen LogP contribution in [0.1, 0.15) is 25.0 Å². The van der Waals surface area contributed by atoms with Gasteiger partial charge < -0.3 is 5.32 Å². The number of nitrogens with one attached hydrogen (secondary N) is 1. The Bertz CT molecular complexity index is 997. The molecule has 2 aromatic carbocycles. The topological polar surface area (TPSA) is 90.2 Å². The number of rotatable bonds is 6. The molecule has 28 heavy (non-hydrogen) atoms. The average Bonchev–Trinajstić information content (AvgIpc) is 2.65. The Balaban J connectivity index is 2.18. The van der Waals surface area contributed by atoms with Gasteiger partial charge in [-0.05, 0) is 49.2 Å². The fraction of sp³-hybridized carbons (Fsp3) is 0.238. The zero-order valence-electron chi connectivity index (χ0n) is 16.0. The van der Waals surface area contributed by atoms with Crippen LogP contribution in [-0.2, 0) is 26.1 Å². The van der Waals surface area contributed by atoms with E-state index in [1.54, 1.807) is 44.2 Å². The highest BCUT2D eigenvalue weighted by Crippen LogP contribution is 2.33. The number of nitriles is 1. The predicted molar refractivity (Wildman–Crippen MR) is 112 cm³/mol. The summed E-state index contributed by atoms with van der Waals surface area (Å²) in [5.41, 5.74) is 0.799. The lowest BCUT2D eigenvalue weighted by molar-refractivity contribution is -0.125. The third-order valence-corrected chi connectivity index (χ3v) is 6.99. The molecule has 0 aliphatic rings. The van der Waals surface area contributed by atoms with Crippen molar-refractivity contribution in [3.8, 4) is 6.07 Å². The molecule has 0 heterocycles. The second-order valence-electron chi connectivity index (χ2n) is 7.25. The van der Waals surface area contributed by atoms with E-state index < -0.39 is 14.8 Å². The van der Waals surface area contributed by atoms with Crippen LogP contribution < -0.4 is 5.32 Å². The first-order valence-corrected chi connectivity index (χ1v) is 11.3. The molecule has 5 nitrogen and oxygen atoms in total. The number of benzene rings is 2. The van der Waals surface area contributed by atoms with Crippen LogP contribution in [0.5, 0.6) is 0 Å². The maximum atomic E-state index is 12.8. The van der Waals surface area contributed by atoms with Crippen molar-refractivity contribution in [2.24, 2.45) is 0 Å². The molecule has 0 aromatic heterocycles. The van der Waals surface area contributed by atoms with Crippen molar-refractivity contribution in [3.05, 3.63) is 76.2 Å². The third kappa shape index (κ3) is 5.08. The lowest BCUT2D eigenvalue weighted by Gasteiger charge is -2.35. The fourth-order valence-corrected chi connectivity index (χ4v) is 4.07. The molecule has 148 valence electrons. The molecular weight excluding hydrogens is 396 g/mol. The maximum Gasteiger partial charge on any atom is 0.230 e. The van der Waals surface area contributed by atoms with Gasteiger partial charge in [-0.3, -0.25) is 9.35 Å². The van der Waals surface area contributed by atoms with Crippen LogP contribution >= 0.6 is 11.6 Å². The smallest absolute Gasteiger partial charge is 0.230 e. The minimum Gasteiger partial charge on any atom is -0.351 e. The van der Waals surface area contributed by atoms with E-state index in [0.717, 1.165) is 17.0 Å². The van der Waals surface area contributed by atoms with Gasteiger partial charge in [0.05, 0.1) is 16.4 Å². The summed E-state index contributed by atoms with van der Waals surface area (Å²) in [4.78, 5) is 12.9. The minimum absolute atomic E-state index is 0.169. The fourth-order valence-electron chi connectivity index (χ4n) is 2.61. The molecule has 0 spiro atoms. The highest BCUT2D eigenvalue weighted by molar-refractivity contribution is 8.17. The largest absolute Gasteiger partial charge is 0.351 e. The summed E-state index contributed by atoms with van der Waals surface area (Å²) in [6, 6.07) is 15.3. The number of halogens is 1. The van der Waals surface area contributed by atoms with Crippen LogP contribution in [-0.4, -0.2) is 20.9 Å². The van der Waals surface area contributed by atoms with Crippen LogP contribution in [0.4, 0.5) is 0 Å². The summed E-state index contributed by atoms with van der Waals surface area (Å²) in [5, 5.41) is 13.2. The summed E-state index contributed by atoms with van der Waals surface area (Å²) in [7, 11) is -4.25. The number of allylic oxidation sites excluding steroid dienone is 1. The first-order chi connectivity index (χ1) is 12.9. The van der Waals surface area contributed by atoms with E-state index in [2.05, 4.69) is 5.32 Å². The summed E-state index contributed by atoms with van der Waals surface area (Å²) in [6.07, 6.45) is 2.18.